The number of hydrogen-bond donors (Lipinski definition) is 3. The van der Waals surface area contributed by atoms with Crippen molar-refractivity contribution in [1.29, 1.82) is 0 Å². The molecule has 3 rings (SSSR count). The number of ether oxygens (including phenoxy) is 1. The van der Waals surface area contributed by atoms with Gasteiger partial charge in [-0.05, 0) is 39.0 Å². The summed E-state index contributed by atoms with van der Waals surface area (Å²) in [5.41, 5.74) is 1.26. The highest BCUT2D eigenvalue weighted by Gasteiger charge is 2.24. The summed E-state index contributed by atoms with van der Waals surface area (Å²) in [6, 6.07) is 6.38. The highest BCUT2D eigenvalue weighted by atomic mass is 16.5. The summed E-state index contributed by atoms with van der Waals surface area (Å²) in [5.74, 6) is 1.13. The van der Waals surface area contributed by atoms with Crippen LogP contribution in [0.3, 0.4) is 0 Å². The Bertz CT molecular complexity index is 786. The number of carbonyl (C=O) groups excluding carboxylic acids is 2. The van der Waals surface area contributed by atoms with Gasteiger partial charge in [-0.1, -0.05) is 5.16 Å². The molecule has 0 aliphatic carbocycles. The van der Waals surface area contributed by atoms with Gasteiger partial charge in [-0.3, -0.25) is 9.59 Å². The molecule has 1 aromatic carbocycles. The van der Waals surface area contributed by atoms with Gasteiger partial charge >= 0.3 is 0 Å². The fraction of sp³-hybridized carbons (Fsp3) is 0.312. The lowest BCUT2D eigenvalue weighted by atomic mass is 10.2. The number of nitrogens with one attached hydrogen (secondary N) is 3. The Kier molecular flexibility index (Phi) is 4.11. The van der Waals surface area contributed by atoms with Crippen LogP contribution in [0.5, 0.6) is 5.75 Å². The molecule has 2 amide bonds. The first kappa shape index (κ1) is 15.9. The van der Waals surface area contributed by atoms with Crippen LogP contribution in [0.2, 0.25) is 0 Å². The largest absolute Gasteiger partial charge is 0.479 e. The van der Waals surface area contributed by atoms with E-state index in [1.807, 2.05) is 0 Å². The van der Waals surface area contributed by atoms with Crippen LogP contribution < -0.4 is 20.7 Å². The molecule has 0 bridgehead atoms. The fourth-order valence-electron chi connectivity index (χ4n) is 2.27. The number of benzene rings is 1. The van der Waals surface area contributed by atoms with Gasteiger partial charge < -0.3 is 25.2 Å². The number of fused-ring (bicyclic) bond motifs is 1. The van der Waals surface area contributed by atoms with Gasteiger partial charge in [0.15, 0.2) is 11.9 Å². The van der Waals surface area contributed by atoms with E-state index in [1.165, 1.54) is 0 Å². The molecule has 2 atom stereocenters. The Morgan fingerprint density at radius 1 is 1.38 bits per heavy atom. The molecule has 126 valence electrons. The predicted octanol–water partition coefficient (Wildman–Crippen LogP) is 2.14. The molecule has 24 heavy (non-hydrogen) atoms. The number of carbonyl (C=O) groups is 2. The second-order valence-corrected chi connectivity index (χ2v) is 5.64. The summed E-state index contributed by atoms with van der Waals surface area (Å²) in [5, 5.41) is 12.2. The average Bonchev–Trinajstić information content (AvgIpc) is 2.93. The number of anilines is 3. The maximum absolute atomic E-state index is 12.2. The van der Waals surface area contributed by atoms with Crippen molar-refractivity contribution in [3.8, 4) is 5.75 Å². The van der Waals surface area contributed by atoms with Gasteiger partial charge in [-0.25, -0.2) is 0 Å². The zero-order chi connectivity index (χ0) is 17.3. The molecule has 3 N–H and O–H groups in total. The lowest BCUT2D eigenvalue weighted by Crippen LogP contribution is -2.34. The summed E-state index contributed by atoms with van der Waals surface area (Å²) >= 11 is 0. The summed E-state index contributed by atoms with van der Waals surface area (Å²) in [6.45, 7) is 5.15. The van der Waals surface area contributed by atoms with Crippen molar-refractivity contribution < 1.29 is 18.8 Å². The first-order chi connectivity index (χ1) is 11.4. The van der Waals surface area contributed by atoms with Crippen LogP contribution in [-0.2, 0) is 9.59 Å². The van der Waals surface area contributed by atoms with Gasteiger partial charge in [-0.2, -0.15) is 0 Å². The van der Waals surface area contributed by atoms with Gasteiger partial charge in [0, 0.05) is 11.8 Å². The second kappa shape index (κ2) is 6.23. The van der Waals surface area contributed by atoms with Crippen LogP contribution >= 0.6 is 0 Å². The van der Waals surface area contributed by atoms with Crippen molar-refractivity contribution in [2.75, 3.05) is 16.0 Å². The molecular weight excluding hydrogens is 312 g/mol. The van der Waals surface area contributed by atoms with Gasteiger partial charge in [0.1, 0.15) is 17.6 Å². The highest BCUT2D eigenvalue weighted by molar-refractivity contribution is 5.98. The zero-order valence-corrected chi connectivity index (χ0v) is 13.5. The molecule has 0 saturated carbocycles. The molecule has 0 saturated heterocycles. The summed E-state index contributed by atoms with van der Waals surface area (Å²) in [6.07, 6.45) is -0.521. The molecule has 0 spiro atoms. The van der Waals surface area contributed by atoms with Gasteiger partial charge in [-0.15, -0.1) is 0 Å². The first-order valence-electron chi connectivity index (χ1n) is 7.54. The average molecular weight is 330 g/mol. The van der Waals surface area contributed by atoms with E-state index in [1.54, 1.807) is 45.0 Å². The van der Waals surface area contributed by atoms with E-state index in [-0.39, 0.29) is 11.8 Å². The van der Waals surface area contributed by atoms with Crippen LogP contribution in [0.25, 0.3) is 0 Å². The topological polar surface area (TPSA) is 105 Å². The SMILES string of the molecule is Cc1cc(NC(=O)[C@H](C)Nc2ccc3c(c2)NC(=O)[C@@H](C)O3)no1. The third-order valence-corrected chi connectivity index (χ3v) is 3.57. The first-order valence-corrected chi connectivity index (χ1v) is 7.54. The molecule has 8 nitrogen and oxygen atoms in total. The van der Waals surface area contributed by atoms with Crippen LogP contribution in [0.15, 0.2) is 28.8 Å². The van der Waals surface area contributed by atoms with E-state index in [0.717, 1.165) is 0 Å². The molecule has 1 aliphatic rings. The van der Waals surface area contributed by atoms with Crippen molar-refractivity contribution in [3.63, 3.8) is 0 Å². The van der Waals surface area contributed by atoms with Gasteiger partial charge in [0.2, 0.25) is 5.91 Å². The van der Waals surface area contributed by atoms with Crippen molar-refractivity contribution in [1.82, 2.24) is 5.16 Å². The summed E-state index contributed by atoms with van der Waals surface area (Å²) in [4.78, 5) is 23.8. The molecule has 0 unspecified atom stereocenters. The molecule has 8 heteroatoms. The summed E-state index contributed by atoms with van der Waals surface area (Å²) in [7, 11) is 0. The number of rotatable bonds is 4. The number of aryl methyl sites for hydroxylation is 1. The van der Waals surface area contributed by atoms with Gasteiger partial charge in [0.25, 0.3) is 5.91 Å². The quantitative estimate of drug-likeness (QED) is 0.793. The number of nitrogens with zero attached hydrogens (tertiary/aromatic N) is 1. The minimum absolute atomic E-state index is 0.202. The Morgan fingerprint density at radius 3 is 2.88 bits per heavy atom. The van der Waals surface area contributed by atoms with Crippen molar-refractivity contribution in [2.24, 2.45) is 0 Å². The molecule has 1 aliphatic heterocycles. The lowest BCUT2D eigenvalue weighted by Gasteiger charge is -2.24. The molecule has 1 aromatic heterocycles. The zero-order valence-electron chi connectivity index (χ0n) is 13.5. The standard InChI is InChI=1S/C16H18N4O4/c1-8-6-14(20-24-8)19-15(21)9(2)17-11-4-5-13-12(7-11)18-16(22)10(3)23-13/h4-7,9-10,17H,1-3H3,(H,18,22)(H,19,20,21)/t9-,10+/m0/s1. The van der Waals surface area contributed by atoms with Crippen molar-refractivity contribution in [2.45, 2.75) is 32.9 Å². The van der Waals surface area contributed by atoms with E-state index in [4.69, 9.17) is 9.26 Å². The Labute approximate surface area is 138 Å². The third-order valence-electron chi connectivity index (χ3n) is 3.57. The number of amides is 2. The molecule has 0 radical (unpaired) electrons. The highest BCUT2D eigenvalue weighted by Crippen LogP contribution is 2.32. The maximum atomic E-state index is 12.2. The lowest BCUT2D eigenvalue weighted by molar-refractivity contribution is -0.122. The van der Waals surface area contributed by atoms with Crippen molar-refractivity contribution in [3.05, 3.63) is 30.0 Å². The second-order valence-electron chi connectivity index (χ2n) is 5.64. The Morgan fingerprint density at radius 2 is 2.17 bits per heavy atom. The minimum atomic E-state index is -0.521. The molecular formula is C16H18N4O4. The Hall–Kier alpha value is -3.03. The minimum Gasteiger partial charge on any atom is -0.479 e. The van der Waals surface area contributed by atoms with Crippen LogP contribution in [-0.4, -0.2) is 29.1 Å². The van der Waals surface area contributed by atoms with E-state index in [2.05, 4.69) is 21.1 Å². The van der Waals surface area contributed by atoms with Crippen molar-refractivity contribution >= 4 is 29.0 Å². The van der Waals surface area contributed by atoms with E-state index >= 15 is 0 Å². The molecule has 2 heterocycles. The van der Waals surface area contributed by atoms with Crippen LogP contribution in [0.1, 0.15) is 19.6 Å². The molecule has 2 aromatic rings. The smallest absolute Gasteiger partial charge is 0.265 e. The maximum Gasteiger partial charge on any atom is 0.265 e. The third kappa shape index (κ3) is 3.32. The van der Waals surface area contributed by atoms with E-state index in [0.29, 0.717) is 28.7 Å². The summed E-state index contributed by atoms with van der Waals surface area (Å²) < 4.78 is 10.4. The van der Waals surface area contributed by atoms with Crippen LogP contribution in [0, 0.1) is 6.92 Å². The van der Waals surface area contributed by atoms with Gasteiger partial charge in [0.05, 0.1) is 5.69 Å². The Balaban J connectivity index is 1.66. The van der Waals surface area contributed by atoms with E-state index < -0.39 is 12.1 Å². The van der Waals surface area contributed by atoms with Crippen LogP contribution in [0.4, 0.5) is 17.2 Å². The predicted molar refractivity (Wildman–Crippen MR) is 88.1 cm³/mol. The number of aromatic nitrogens is 1. The monoisotopic (exact) mass is 330 g/mol. The molecule has 0 fully saturated rings. The number of hydrogen-bond acceptors (Lipinski definition) is 6. The fourth-order valence-corrected chi connectivity index (χ4v) is 2.27. The van der Waals surface area contributed by atoms with E-state index in [9.17, 15) is 9.59 Å². The normalized spacial score (nSPS) is 17.3.